The highest BCUT2D eigenvalue weighted by Crippen LogP contribution is 2.19. The third-order valence-electron chi connectivity index (χ3n) is 4.27. The summed E-state index contributed by atoms with van der Waals surface area (Å²) in [5, 5.41) is 0. The summed E-state index contributed by atoms with van der Waals surface area (Å²) in [6, 6.07) is 8.19. The lowest BCUT2D eigenvalue weighted by molar-refractivity contribution is 0.270. The smallest absolute Gasteiger partial charge is 0.261 e. The van der Waals surface area contributed by atoms with Gasteiger partial charge in [0.15, 0.2) is 0 Å². The van der Waals surface area contributed by atoms with E-state index < -0.39 is 15.8 Å². The second-order valence-corrected chi connectivity index (χ2v) is 7.57. The number of pyridine rings is 1. The minimum Gasteiger partial charge on any atom is -0.354 e. The maximum atomic E-state index is 12.9. The zero-order valence-electron chi connectivity index (χ0n) is 14.0. The van der Waals surface area contributed by atoms with Gasteiger partial charge in [-0.2, -0.15) is 0 Å². The molecule has 6 nitrogen and oxygen atoms in total. The zero-order chi connectivity index (χ0) is 17.9. The van der Waals surface area contributed by atoms with Crippen molar-refractivity contribution in [1.82, 2.24) is 9.88 Å². The summed E-state index contributed by atoms with van der Waals surface area (Å²) in [5.74, 6) is 0.355. The van der Waals surface area contributed by atoms with Crippen LogP contribution < -0.4 is 9.62 Å². The molecule has 0 radical (unpaired) electrons. The number of benzene rings is 1. The van der Waals surface area contributed by atoms with Crippen molar-refractivity contribution in [3.05, 3.63) is 48.4 Å². The summed E-state index contributed by atoms with van der Waals surface area (Å²) in [5.41, 5.74) is 0.375. The van der Waals surface area contributed by atoms with E-state index in [1.807, 2.05) is 6.07 Å². The Bertz CT molecular complexity index is 802. The number of sulfonamides is 1. The Morgan fingerprint density at radius 2 is 1.76 bits per heavy atom. The number of nitrogens with zero attached hydrogens (tertiary/aromatic N) is 3. The third kappa shape index (κ3) is 4.26. The molecule has 134 valence electrons. The first-order chi connectivity index (χ1) is 12.0. The lowest BCUT2D eigenvalue weighted by Crippen LogP contribution is -2.46. The largest absolute Gasteiger partial charge is 0.354 e. The van der Waals surface area contributed by atoms with Gasteiger partial charge in [0.25, 0.3) is 10.0 Å². The Hall–Kier alpha value is -2.19. The van der Waals surface area contributed by atoms with Crippen molar-refractivity contribution >= 4 is 21.5 Å². The molecule has 1 saturated heterocycles. The van der Waals surface area contributed by atoms with E-state index >= 15 is 0 Å². The van der Waals surface area contributed by atoms with Crippen molar-refractivity contribution in [2.45, 2.75) is 11.8 Å². The molecule has 8 heteroatoms. The average Bonchev–Trinajstić information content (AvgIpc) is 2.62. The fraction of sp³-hybridized carbons (Fsp3) is 0.353. The highest BCUT2D eigenvalue weighted by atomic mass is 32.2. The Balaban J connectivity index is 1.67. The quantitative estimate of drug-likeness (QED) is 0.881. The Morgan fingerprint density at radius 1 is 1.08 bits per heavy atom. The number of halogens is 1. The van der Waals surface area contributed by atoms with Crippen LogP contribution in [0.3, 0.4) is 0 Å². The number of rotatable bonds is 5. The van der Waals surface area contributed by atoms with Crippen LogP contribution >= 0.6 is 0 Å². The number of nitrogens with one attached hydrogen (secondary N) is 1. The normalized spacial score (nSPS) is 16.0. The van der Waals surface area contributed by atoms with Crippen molar-refractivity contribution in [3.8, 4) is 0 Å². The monoisotopic (exact) mass is 364 g/mol. The second kappa shape index (κ2) is 7.37. The topological polar surface area (TPSA) is 65.5 Å². The second-order valence-electron chi connectivity index (χ2n) is 5.89. The molecule has 1 aliphatic heterocycles. The van der Waals surface area contributed by atoms with Crippen LogP contribution in [0.15, 0.2) is 47.5 Å². The molecule has 25 heavy (non-hydrogen) atoms. The van der Waals surface area contributed by atoms with Crippen molar-refractivity contribution in [2.24, 2.45) is 0 Å². The first-order valence-corrected chi connectivity index (χ1v) is 9.68. The molecular formula is C17H21FN4O2S. The SMILES string of the molecule is CCN1CCN(c2ccc(NS(=O)(=O)c3ccc(F)cc3)cn2)CC1. The maximum absolute atomic E-state index is 12.9. The van der Waals surface area contributed by atoms with E-state index in [9.17, 15) is 12.8 Å². The average molecular weight is 364 g/mol. The zero-order valence-corrected chi connectivity index (χ0v) is 14.8. The number of likely N-dealkylation sites (N-methyl/N-ethyl adjacent to an activating group) is 1. The Kier molecular flexibility index (Phi) is 5.19. The van der Waals surface area contributed by atoms with Crippen LogP contribution in [0.4, 0.5) is 15.9 Å². The summed E-state index contributed by atoms with van der Waals surface area (Å²) < 4.78 is 40.0. The van der Waals surface area contributed by atoms with Gasteiger partial charge in [0, 0.05) is 26.2 Å². The Morgan fingerprint density at radius 3 is 2.32 bits per heavy atom. The molecule has 1 aliphatic rings. The molecule has 1 aromatic heterocycles. The van der Waals surface area contributed by atoms with E-state index in [1.165, 1.54) is 18.3 Å². The predicted molar refractivity (Wildman–Crippen MR) is 95.8 cm³/mol. The first-order valence-electron chi connectivity index (χ1n) is 8.19. The van der Waals surface area contributed by atoms with Gasteiger partial charge < -0.3 is 9.80 Å². The van der Waals surface area contributed by atoms with Gasteiger partial charge in [0.05, 0.1) is 16.8 Å². The molecule has 0 aliphatic carbocycles. The van der Waals surface area contributed by atoms with E-state index in [-0.39, 0.29) is 4.90 Å². The van der Waals surface area contributed by atoms with Crippen LogP contribution in [0, 0.1) is 5.82 Å². The van der Waals surface area contributed by atoms with Gasteiger partial charge in [-0.15, -0.1) is 0 Å². The maximum Gasteiger partial charge on any atom is 0.261 e. The molecule has 2 heterocycles. The van der Waals surface area contributed by atoms with Crippen LogP contribution in [0.5, 0.6) is 0 Å². The summed E-state index contributed by atoms with van der Waals surface area (Å²) in [7, 11) is -3.76. The fourth-order valence-corrected chi connectivity index (χ4v) is 3.80. The molecule has 0 amide bonds. The van der Waals surface area contributed by atoms with E-state index in [4.69, 9.17) is 0 Å². The summed E-state index contributed by atoms with van der Waals surface area (Å²) in [4.78, 5) is 8.94. The molecule has 1 fully saturated rings. The van der Waals surface area contributed by atoms with E-state index in [2.05, 4.69) is 26.4 Å². The molecule has 1 N–H and O–H groups in total. The van der Waals surface area contributed by atoms with E-state index in [0.29, 0.717) is 5.69 Å². The van der Waals surface area contributed by atoms with Crippen LogP contribution in [0.2, 0.25) is 0 Å². The molecule has 0 spiro atoms. The van der Waals surface area contributed by atoms with Crippen molar-refractivity contribution in [1.29, 1.82) is 0 Å². The molecule has 1 aromatic carbocycles. The number of hydrogen-bond donors (Lipinski definition) is 1. The van der Waals surface area contributed by atoms with Gasteiger partial charge in [-0.05, 0) is 42.9 Å². The molecule has 2 aromatic rings. The minimum atomic E-state index is -3.76. The Labute approximate surface area is 147 Å². The van der Waals surface area contributed by atoms with Crippen LogP contribution in [0.25, 0.3) is 0 Å². The minimum absolute atomic E-state index is 0.00802. The number of hydrogen-bond acceptors (Lipinski definition) is 5. The van der Waals surface area contributed by atoms with Gasteiger partial charge in [-0.1, -0.05) is 6.92 Å². The van der Waals surface area contributed by atoms with E-state index in [1.54, 1.807) is 6.07 Å². The van der Waals surface area contributed by atoms with Gasteiger partial charge in [0.2, 0.25) is 0 Å². The number of piperazine rings is 1. The molecule has 3 rings (SSSR count). The van der Waals surface area contributed by atoms with Crippen LogP contribution in [-0.4, -0.2) is 51.0 Å². The van der Waals surface area contributed by atoms with Gasteiger partial charge in [-0.25, -0.2) is 17.8 Å². The van der Waals surface area contributed by atoms with Gasteiger partial charge in [0.1, 0.15) is 11.6 Å². The van der Waals surface area contributed by atoms with Crippen molar-refractivity contribution in [3.63, 3.8) is 0 Å². The highest BCUT2D eigenvalue weighted by molar-refractivity contribution is 7.92. The van der Waals surface area contributed by atoms with Crippen LogP contribution in [0.1, 0.15) is 6.92 Å². The van der Waals surface area contributed by atoms with Gasteiger partial charge >= 0.3 is 0 Å². The molecule has 0 saturated carbocycles. The number of aromatic nitrogens is 1. The summed E-state index contributed by atoms with van der Waals surface area (Å²) >= 11 is 0. The fourth-order valence-electron chi connectivity index (χ4n) is 2.75. The third-order valence-corrected chi connectivity index (χ3v) is 5.66. The summed E-state index contributed by atoms with van der Waals surface area (Å²) in [6.07, 6.45) is 1.50. The van der Waals surface area contributed by atoms with E-state index in [0.717, 1.165) is 50.7 Å². The standard InChI is InChI=1S/C17H21FN4O2S/c1-2-21-9-11-22(12-10-21)17-8-5-15(13-19-17)20-25(23,24)16-6-3-14(18)4-7-16/h3-8,13,20H,2,9-12H2,1H3. The first kappa shape index (κ1) is 17.6. The summed E-state index contributed by atoms with van der Waals surface area (Å²) in [6.45, 7) is 7.00. The number of anilines is 2. The van der Waals surface area contributed by atoms with Crippen molar-refractivity contribution < 1.29 is 12.8 Å². The van der Waals surface area contributed by atoms with Crippen molar-refractivity contribution in [2.75, 3.05) is 42.3 Å². The predicted octanol–water partition coefficient (Wildman–Crippen LogP) is 2.16. The highest BCUT2D eigenvalue weighted by Gasteiger charge is 2.18. The lowest BCUT2D eigenvalue weighted by atomic mass is 10.3. The van der Waals surface area contributed by atoms with Crippen LogP contribution in [-0.2, 0) is 10.0 Å². The molecular weight excluding hydrogens is 343 g/mol. The van der Waals surface area contributed by atoms with Gasteiger partial charge in [-0.3, -0.25) is 4.72 Å². The molecule has 0 unspecified atom stereocenters. The lowest BCUT2D eigenvalue weighted by Gasteiger charge is -2.34. The molecule has 0 atom stereocenters. The molecule has 0 bridgehead atoms.